The van der Waals surface area contributed by atoms with Gasteiger partial charge in [0.05, 0.1) is 11.4 Å². The van der Waals surface area contributed by atoms with Gasteiger partial charge < -0.3 is 15.4 Å². The summed E-state index contributed by atoms with van der Waals surface area (Å²) in [5, 5.41) is 8.50. The zero-order valence-electron chi connectivity index (χ0n) is 17.6. The normalized spacial score (nSPS) is 19.1. The summed E-state index contributed by atoms with van der Waals surface area (Å²) < 4.78 is 7.44. The number of carbonyl (C=O) groups excluding carboxylic acids is 1. The predicted octanol–water partition coefficient (Wildman–Crippen LogP) is 3.68. The lowest BCUT2D eigenvalue weighted by Crippen LogP contribution is -2.39. The van der Waals surface area contributed by atoms with Crippen molar-refractivity contribution in [3.05, 3.63) is 41.1 Å². The maximum Gasteiger partial charge on any atom is 0.410 e. The zero-order chi connectivity index (χ0) is 20.8. The Bertz CT molecular complexity index is 970. The molecule has 0 aliphatic carbocycles. The van der Waals surface area contributed by atoms with Crippen LogP contribution in [0.3, 0.4) is 0 Å². The summed E-state index contributed by atoms with van der Waals surface area (Å²) in [5.41, 5.74) is 12.7. The Morgan fingerprint density at radius 3 is 2.76 bits per heavy atom. The van der Waals surface area contributed by atoms with E-state index in [1.165, 1.54) is 11.1 Å². The second kappa shape index (κ2) is 7.30. The average Bonchev–Trinajstić information content (AvgIpc) is 2.97. The highest BCUT2D eigenvalue weighted by molar-refractivity contribution is 5.76. The first-order chi connectivity index (χ1) is 13.7. The number of aromatic nitrogens is 3. The zero-order valence-corrected chi connectivity index (χ0v) is 17.6. The monoisotopic (exact) mass is 395 g/mol. The smallest absolute Gasteiger partial charge is 0.410 e. The molecular formula is C22H29N5O2. The summed E-state index contributed by atoms with van der Waals surface area (Å²) in [5.74, 6) is 0. The molecule has 154 valence electrons. The lowest BCUT2D eigenvalue weighted by Gasteiger charge is -2.30. The Morgan fingerprint density at radius 2 is 2.07 bits per heavy atom. The van der Waals surface area contributed by atoms with Gasteiger partial charge in [-0.15, -0.1) is 5.10 Å². The van der Waals surface area contributed by atoms with E-state index >= 15 is 0 Å². The van der Waals surface area contributed by atoms with Crippen molar-refractivity contribution in [3.63, 3.8) is 0 Å². The number of amides is 1. The number of nitrogens with two attached hydrogens (primary N) is 1. The van der Waals surface area contributed by atoms with Gasteiger partial charge in [0.25, 0.3) is 0 Å². The van der Waals surface area contributed by atoms with Crippen LogP contribution in [-0.4, -0.2) is 44.7 Å². The second-order valence-corrected chi connectivity index (χ2v) is 8.85. The van der Waals surface area contributed by atoms with Gasteiger partial charge in [0.15, 0.2) is 0 Å². The predicted molar refractivity (Wildman–Crippen MR) is 112 cm³/mol. The third-order valence-electron chi connectivity index (χ3n) is 5.49. The molecule has 1 atom stereocenters. The quantitative estimate of drug-likeness (QED) is 0.796. The molecule has 7 heteroatoms. The minimum absolute atomic E-state index is 0.0338. The first-order valence-corrected chi connectivity index (χ1v) is 10.2. The van der Waals surface area contributed by atoms with Crippen molar-refractivity contribution in [2.24, 2.45) is 5.73 Å². The molecule has 0 fully saturated rings. The molecule has 1 amide bonds. The molecule has 7 nitrogen and oxygen atoms in total. The Labute approximate surface area is 171 Å². The van der Waals surface area contributed by atoms with Gasteiger partial charge in [0.1, 0.15) is 5.60 Å². The van der Waals surface area contributed by atoms with Crippen molar-refractivity contribution in [1.29, 1.82) is 0 Å². The van der Waals surface area contributed by atoms with E-state index in [1.807, 2.05) is 32.4 Å². The van der Waals surface area contributed by atoms with E-state index in [1.54, 1.807) is 4.90 Å². The fraction of sp³-hybridized carbons (Fsp3) is 0.500. The summed E-state index contributed by atoms with van der Waals surface area (Å²) in [6.07, 6.45) is 3.49. The third kappa shape index (κ3) is 3.92. The number of hydrogen-bond donors (Lipinski definition) is 1. The number of hydrogen-bond acceptors (Lipinski definition) is 5. The van der Waals surface area contributed by atoms with Gasteiger partial charge in [-0.05, 0) is 63.3 Å². The number of nitrogens with zero attached hydrogens (tertiary/aromatic N) is 4. The first kappa shape index (κ1) is 19.6. The minimum atomic E-state index is -0.478. The van der Waals surface area contributed by atoms with Crippen LogP contribution in [0.25, 0.3) is 16.8 Å². The fourth-order valence-electron chi connectivity index (χ4n) is 4.02. The molecule has 0 radical (unpaired) electrons. The lowest BCUT2D eigenvalue weighted by atomic mass is 9.91. The Hall–Kier alpha value is -2.67. The summed E-state index contributed by atoms with van der Waals surface area (Å²) in [6, 6.07) is 6.45. The second-order valence-electron chi connectivity index (χ2n) is 8.85. The molecule has 3 heterocycles. The van der Waals surface area contributed by atoms with Crippen molar-refractivity contribution < 1.29 is 9.53 Å². The van der Waals surface area contributed by atoms with Crippen molar-refractivity contribution in [3.8, 4) is 11.3 Å². The topological polar surface area (TPSA) is 86.3 Å². The first-order valence-electron chi connectivity index (χ1n) is 10.2. The van der Waals surface area contributed by atoms with Gasteiger partial charge in [-0.1, -0.05) is 23.4 Å². The summed E-state index contributed by atoms with van der Waals surface area (Å²) in [4.78, 5) is 14.0. The van der Waals surface area contributed by atoms with E-state index in [-0.39, 0.29) is 12.1 Å². The highest BCUT2D eigenvalue weighted by Gasteiger charge is 2.26. The van der Waals surface area contributed by atoms with Crippen LogP contribution in [0.1, 0.15) is 56.5 Å². The van der Waals surface area contributed by atoms with Crippen LogP contribution in [0.2, 0.25) is 0 Å². The number of carbonyl (C=O) groups is 1. The molecule has 2 aliphatic heterocycles. The maximum absolute atomic E-state index is 12.3. The molecule has 2 N–H and O–H groups in total. The van der Waals surface area contributed by atoms with Gasteiger partial charge in [-0.25, -0.2) is 9.48 Å². The van der Waals surface area contributed by atoms with E-state index in [2.05, 4.69) is 34.6 Å². The summed E-state index contributed by atoms with van der Waals surface area (Å²) in [6.45, 7) is 9.63. The number of benzene rings is 1. The molecule has 2 aromatic rings. The Balaban J connectivity index is 1.59. The Morgan fingerprint density at radius 1 is 1.28 bits per heavy atom. The average molecular weight is 396 g/mol. The van der Waals surface area contributed by atoms with Gasteiger partial charge >= 0.3 is 6.09 Å². The molecule has 29 heavy (non-hydrogen) atoms. The van der Waals surface area contributed by atoms with Crippen LogP contribution in [0.4, 0.5) is 4.79 Å². The third-order valence-corrected chi connectivity index (χ3v) is 5.49. The maximum atomic E-state index is 12.3. The molecule has 0 saturated heterocycles. The van der Waals surface area contributed by atoms with Crippen molar-refractivity contribution in [2.45, 2.75) is 58.7 Å². The van der Waals surface area contributed by atoms with E-state index < -0.39 is 5.60 Å². The van der Waals surface area contributed by atoms with Crippen LogP contribution < -0.4 is 5.73 Å². The molecule has 4 rings (SSSR count). The fourth-order valence-corrected chi connectivity index (χ4v) is 4.02. The van der Waals surface area contributed by atoms with E-state index in [0.717, 1.165) is 41.9 Å². The molecule has 0 bridgehead atoms. The van der Waals surface area contributed by atoms with Gasteiger partial charge in [-0.2, -0.15) is 0 Å². The van der Waals surface area contributed by atoms with Crippen LogP contribution in [0.5, 0.6) is 0 Å². The highest BCUT2D eigenvalue weighted by atomic mass is 16.6. The molecular weight excluding hydrogens is 366 g/mol. The number of rotatable bonds is 1. The van der Waals surface area contributed by atoms with Crippen molar-refractivity contribution in [1.82, 2.24) is 19.9 Å². The van der Waals surface area contributed by atoms with E-state index in [0.29, 0.717) is 13.1 Å². The van der Waals surface area contributed by atoms with Crippen LogP contribution in [0.15, 0.2) is 24.3 Å². The summed E-state index contributed by atoms with van der Waals surface area (Å²) in [7, 11) is 0. The molecule has 2 aliphatic rings. The number of ether oxygens (including phenoxy) is 1. The van der Waals surface area contributed by atoms with Crippen molar-refractivity contribution in [2.75, 3.05) is 13.1 Å². The van der Waals surface area contributed by atoms with Crippen LogP contribution in [0, 0.1) is 6.92 Å². The largest absolute Gasteiger partial charge is 0.444 e. The number of aryl methyl sites for hydroxylation is 2. The van der Waals surface area contributed by atoms with Crippen LogP contribution in [-0.2, 0) is 11.3 Å². The highest BCUT2D eigenvalue weighted by Crippen LogP contribution is 2.36. The van der Waals surface area contributed by atoms with Gasteiger partial charge in [0.2, 0.25) is 0 Å². The summed E-state index contributed by atoms with van der Waals surface area (Å²) >= 11 is 0. The molecule has 1 aromatic carbocycles. The van der Waals surface area contributed by atoms with E-state index in [4.69, 9.17) is 10.5 Å². The number of fused-ring (bicyclic) bond motifs is 3. The minimum Gasteiger partial charge on any atom is -0.444 e. The molecule has 1 aromatic heterocycles. The van der Waals surface area contributed by atoms with Gasteiger partial charge in [0, 0.05) is 31.2 Å². The van der Waals surface area contributed by atoms with Crippen molar-refractivity contribution >= 4 is 11.7 Å². The Kier molecular flexibility index (Phi) is 4.94. The van der Waals surface area contributed by atoms with E-state index in [9.17, 15) is 4.79 Å². The lowest BCUT2D eigenvalue weighted by molar-refractivity contribution is 0.0270. The van der Waals surface area contributed by atoms with Crippen LogP contribution >= 0.6 is 0 Å². The molecule has 0 unspecified atom stereocenters. The van der Waals surface area contributed by atoms with Gasteiger partial charge in [-0.3, -0.25) is 0 Å². The standard InChI is InChI=1S/C22H29N5O2/c1-14-20-17-6-5-16(13-18(17)19(23)9-12-27(20)25-24-14)15-7-10-26(11-8-15)21(28)29-22(2,3)4/h5-7,13,19H,8-12,23H2,1-4H3/t19-/m0/s1. The molecule has 0 spiro atoms. The SMILES string of the molecule is Cc1nnn2c1-c1ccc(C3=CCN(C(=O)OC(C)(C)C)CC3)cc1[C@@H](N)CC2. The molecule has 0 saturated carbocycles.